The molecule has 4 heteroatoms. The van der Waals surface area contributed by atoms with Crippen LogP contribution in [0.25, 0.3) is 11.2 Å². The van der Waals surface area contributed by atoms with Gasteiger partial charge in [-0.3, -0.25) is 0 Å². The van der Waals surface area contributed by atoms with Crippen LogP contribution in [-0.2, 0) is 13.0 Å². The number of fused-ring (bicyclic) bond motifs is 1. The molecule has 0 saturated carbocycles. The number of imidazole rings is 1. The minimum Gasteiger partial charge on any atom is -0.330 e. The topological polar surface area (TPSA) is 56.7 Å². The number of aromatic nitrogens is 3. The first kappa shape index (κ1) is 12.8. The summed E-state index contributed by atoms with van der Waals surface area (Å²) < 4.78 is 2.19. The van der Waals surface area contributed by atoms with Gasteiger partial charge in [0.15, 0.2) is 5.65 Å². The molecule has 0 bridgehead atoms. The Kier molecular flexibility index (Phi) is 3.74. The van der Waals surface area contributed by atoms with Crippen LogP contribution in [0.4, 0.5) is 0 Å². The van der Waals surface area contributed by atoms with Crippen molar-refractivity contribution in [1.82, 2.24) is 14.5 Å². The molecule has 0 atom stereocenters. The molecule has 1 aromatic carbocycles. The molecule has 0 aliphatic rings. The summed E-state index contributed by atoms with van der Waals surface area (Å²) in [6.45, 7) is 1.55. The molecule has 0 unspecified atom stereocenters. The van der Waals surface area contributed by atoms with Gasteiger partial charge in [0.05, 0.1) is 0 Å². The van der Waals surface area contributed by atoms with Crippen LogP contribution >= 0.6 is 0 Å². The van der Waals surface area contributed by atoms with Crippen molar-refractivity contribution in [3.63, 3.8) is 0 Å². The highest BCUT2D eigenvalue weighted by atomic mass is 15.1. The van der Waals surface area contributed by atoms with Crippen LogP contribution in [0.2, 0.25) is 0 Å². The highest BCUT2D eigenvalue weighted by Crippen LogP contribution is 2.17. The molecule has 3 aromatic rings. The van der Waals surface area contributed by atoms with E-state index in [0.717, 1.165) is 36.4 Å². The van der Waals surface area contributed by atoms with E-state index in [2.05, 4.69) is 33.8 Å². The number of nitrogens with zero attached hydrogens (tertiary/aromatic N) is 3. The van der Waals surface area contributed by atoms with E-state index in [1.54, 1.807) is 0 Å². The van der Waals surface area contributed by atoms with Gasteiger partial charge in [-0.15, -0.1) is 0 Å². The van der Waals surface area contributed by atoms with Crippen LogP contribution in [0.3, 0.4) is 0 Å². The van der Waals surface area contributed by atoms with Crippen molar-refractivity contribution in [2.24, 2.45) is 5.73 Å². The predicted octanol–water partition coefficient (Wildman–Crippen LogP) is 2.37. The molecular weight excluding hydrogens is 248 g/mol. The van der Waals surface area contributed by atoms with Crippen molar-refractivity contribution in [2.75, 3.05) is 6.54 Å². The third-order valence-corrected chi connectivity index (χ3v) is 3.37. The van der Waals surface area contributed by atoms with Gasteiger partial charge >= 0.3 is 0 Å². The van der Waals surface area contributed by atoms with Gasteiger partial charge in [-0.05, 0) is 30.7 Å². The first-order chi connectivity index (χ1) is 9.88. The molecule has 102 valence electrons. The van der Waals surface area contributed by atoms with Gasteiger partial charge in [0.2, 0.25) is 0 Å². The molecule has 2 aromatic heterocycles. The normalized spacial score (nSPS) is 11.1. The molecule has 0 aliphatic heterocycles. The first-order valence-electron chi connectivity index (χ1n) is 6.92. The summed E-state index contributed by atoms with van der Waals surface area (Å²) in [4.78, 5) is 9.18. The van der Waals surface area contributed by atoms with E-state index in [4.69, 9.17) is 10.7 Å². The summed E-state index contributed by atoms with van der Waals surface area (Å²) in [5, 5.41) is 0. The van der Waals surface area contributed by atoms with Gasteiger partial charge in [0, 0.05) is 19.2 Å². The number of pyridine rings is 1. The van der Waals surface area contributed by atoms with Crippen molar-refractivity contribution in [3.8, 4) is 0 Å². The fourth-order valence-corrected chi connectivity index (χ4v) is 2.40. The van der Waals surface area contributed by atoms with Gasteiger partial charge < -0.3 is 10.3 Å². The molecular formula is C16H18N4. The second-order valence-corrected chi connectivity index (χ2v) is 4.83. The van der Waals surface area contributed by atoms with Crippen molar-refractivity contribution in [1.29, 1.82) is 0 Å². The molecule has 0 spiro atoms. The molecule has 2 heterocycles. The fraction of sp³-hybridized carbons (Fsp3) is 0.250. The van der Waals surface area contributed by atoms with Crippen LogP contribution in [0.5, 0.6) is 0 Å². The molecule has 0 fully saturated rings. The van der Waals surface area contributed by atoms with Crippen LogP contribution in [0.15, 0.2) is 48.7 Å². The number of rotatable bonds is 5. The first-order valence-corrected chi connectivity index (χ1v) is 6.92. The number of nitrogens with two attached hydrogens (primary N) is 1. The lowest BCUT2D eigenvalue weighted by Crippen LogP contribution is -2.09. The summed E-state index contributed by atoms with van der Waals surface area (Å²) in [5.41, 5.74) is 8.80. The van der Waals surface area contributed by atoms with Crippen LogP contribution < -0.4 is 5.73 Å². The standard InChI is InChI=1S/C16H18N4/c17-9-5-11-20-15(12-13-6-2-1-3-7-13)19-14-8-4-10-18-16(14)20/h1-4,6-8,10H,5,9,11-12,17H2. The van der Waals surface area contributed by atoms with E-state index >= 15 is 0 Å². The number of aryl methyl sites for hydroxylation is 1. The smallest absolute Gasteiger partial charge is 0.159 e. The largest absolute Gasteiger partial charge is 0.330 e. The lowest BCUT2D eigenvalue weighted by atomic mass is 10.1. The Morgan fingerprint density at radius 1 is 1.05 bits per heavy atom. The second kappa shape index (κ2) is 5.84. The molecule has 0 saturated heterocycles. The van der Waals surface area contributed by atoms with Gasteiger partial charge in [-0.25, -0.2) is 9.97 Å². The van der Waals surface area contributed by atoms with E-state index in [1.807, 2.05) is 24.4 Å². The lowest BCUT2D eigenvalue weighted by Gasteiger charge is -2.07. The summed E-state index contributed by atoms with van der Waals surface area (Å²) >= 11 is 0. The Hall–Kier alpha value is -2.20. The molecule has 4 nitrogen and oxygen atoms in total. The number of hydrogen-bond acceptors (Lipinski definition) is 3. The van der Waals surface area contributed by atoms with E-state index in [9.17, 15) is 0 Å². The molecule has 3 rings (SSSR count). The average Bonchev–Trinajstić information content (AvgIpc) is 2.83. The van der Waals surface area contributed by atoms with Crippen LogP contribution in [0, 0.1) is 0 Å². The van der Waals surface area contributed by atoms with E-state index in [-0.39, 0.29) is 0 Å². The monoisotopic (exact) mass is 266 g/mol. The molecule has 20 heavy (non-hydrogen) atoms. The molecule has 0 amide bonds. The van der Waals surface area contributed by atoms with Crippen LogP contribution in [0.1, 0.15) is 17.8 Å². The summed E-state index contributed by atoms with van der Waals surface area (Å²) in [6, 6.07) is 14.3. The van der Waals surface area contributed by atoms with Crippen LogP contribution in [-0.4, -0.2) is 21.1 Å². The van der Waals surface area contributed by atoms with Crippen molar-refractivity contribution in [2.45, 2.75) is 19.4 Å². The van der Waals surface area contributed by atoms with Crippen molar-refractivity contribution in [3.05, 3.63) is 60.0 Å². The minimum atomic E-state index is 0.678. The SMILES string of the molecule is NCCCn1c(Cc2ccccc2)nc2cccnc21. The predicted molar refractivity (Wildman–Crippen MR) is 80.4 cm³/mol. The van der Waals surface area contributed by atoms with Gasteiger partial charge in [0.1, 0.15) is 11.3 Å². The Morgan fingerprint density at radius 2 is 1.90 bits per heavy atom. The third kappa shape index (κ3) is 2.56. The Balaban J connectivity index is 2.00. The third-order valence-electron chi connectivity index (χ3n) is 3.37. The zero-order chi connectivity index (χ0) is 13.8. The molecule has 2 N–H and O–H groups in total. The highest BCUT2D eigenvalue weighted by molar-refractivity contribution is 5.71. The second-order valence-electron chi connectivity index (χ2n) is 4.83. The minimum absolute atomic E-state index is 0.678. The van der Waals surface area contributed by atoms with Crippen molar-refractivity contribution < 1.29 is 0 Å². The zero-order valence-electron chi connectivity index (χ0n) is 11.4. The van der Waals surface area contributed by atoms with E-state index < -0.39 is 0 Å². The highest BCUT2D eigenvalue weighted by Gasteiger charge is 2.11. The maximum atomic E-state index is 5.64. The number of hydrogen-bond donors (Lipinski definition) is 1. The van der Waals surface area contributed by atoms with Crippen molar-refractivity contribution >= 4 is 11.2 Å². The number of benzene rings is 1. The van der Waals surface area contributed by atoms with Gasteiger partial charge in [-0.2, -0.15) is 0 Å². The average molecular weight is 266 g/mol. The summed E-state index contributed by atoms with van der Waals surface area (Å²) in [5.74, 6) is 1.05. The van der Waals surface area contributed by atoms with Gasteiger partial charge in [0.25, 0.3) is 0 Å². The zero-order valence-corrected chi connectivity index (χ0v) is 11.4. The van der Waals surface area contributed by atoms with E-state index in [1.165, 1.54) is 5.56 Å². The Bertz CT molecular complexity index is 688. The maximum absolute atomic E-state index is 5.64. The maximum Gasteiger partial charge on any atom is 0.159 e. The Labute approximate surface area is 118 Å². The summed E-state index contributed by atoms with van der Waals surface area (Å²) in [7, 11) is 0. The fourth-order valence-electron chi connectivity index (χ4n) is 2.40. The summed E-state index contributed by atoms with van der Waals surface area (Å²) in [6.07, 6.45) is 3.57. The molecule has 0 aliphatic carbocycles. The quantitative estimate of drug-likeness (QED) is 0.771. The van der Waals surface area contributed by atoms with E-state index in [0.29, 0.717) is 6.54 Å². The lowest BCUT2D eigenvalue weighted by molar-refractivity contribution is 0.635. The molecule has 0 radical (unpaired) electrons. The Morgan fingerprint density at radius 3 is 2.70 bits per heavy atom. The van der Waals surface area contributed by atoms with Gasteiger partial charge in [-0.1, -0.05) is 30.3 Å².